The van der Waals surface area contributed by atoms with Gasteiger partial charge in [0, 0.05) is 32.8 Å². The van der Waals surface area contributed by atoms with Gasteiger partial charge in [-0.1, -0.05) is 158 Å². The molecule has 238 valence electrons. The van der Waals surface area contributed by atoms with Crippen molar-refractivity contribution in [2.45, 2.75) is 0 Å². The maximum absolute atomic E-state index is 5.24. The van der Waals surface area contributed by atoms with Crippen molar-refractivity contribution in [3.63, 3.8) is 0 Å². The van der Waals surface area contributed by atoms with Crippen molar-refractivity contribution in [3.05, 3.63) is 182 Å². The molecule has 0 N–H and O–H groups in total. The lowest BCUT2D eigenvalue weighted by Gasteiger charge is -2.15. The molecular formula is C47H30N4. The van der Waals surface area contributed by atoms with Crippen LogP contribution in [0.1, 0.15) is 0 Å². The molecule has 0 bridgehead atoms. The van der Waals surface area contributed by atoms with Gasteiger partial charge in [0.15, 0.2) is 17.5 Å². The van der Waals surface area contributed by atoms with Crippen LogP contribution in [0.5, 0.6) is 0 Å². The Morgan fingerprint density at radius 3 is 1.61 bits per heavy atom. The third-order valence-corrected chi connectivity index (χ3v) is 9.84. The molecule has 0 aliphatic heterocycles. The van der Waals surface area contributed by atoms with Gasteiger partial charge < -0.3 is 4.57 Å². The minimum atomic E-state index is 0.633. The Kier molecular flexibility index (Phi) is 6.78. The molecule has 8 aromatic carbocycles. The number of rotatable bonds is 5. The average molecular weight is 651 g/mol. The van der Waals surface area contributed by atoms with Crippen molar-refractivity contribution >= 4 is 43.4 Å². The van der Waals surface area contributed by atoms with E-state index in [2.05, 4.69) is 180 Å². The Hall–Kier alpha value is -6.91. The van der Waals surface area contributed by atoms with Gasteiger partial charge in [0.2, 0.25) is 0 Å². The van der Waals surface area contributed by atoms with Crippen LogP contribution in [0.4, 0.5) is 0 Å². The highest BCUT2D eigenvalue weighted by Crippen LogP contribution is 2.38. The van der Waals surface area contributed by atoms with E-state index >= 15 is 0 Å². The van der Waals surface area contributed by atoms with E-state index in [1.54, 1.807) is 0 Å². The summed E-state index contributed by atoms with van der Waals surface area (Å²) in [6.45, 7) is 0. The Labute approximate surface area is 295 Å². The number of nitrogens with zero attached hydrogens (tertiary/aromatic N) is 4. The molecule has 0 atom stereocenters. The van der Waals surface area contributed by atoms with Gasteiger partial charge in [-0.05, 0) is 51.6 Å². The SMILES string of the molecule is c1ccc(-c2ccc(-c3nc(-c4ccc5ccccc5c4)nc(-c4cccc5cccc(-n6c7ccccc7c7ccccc76)c45)n3)cc2)cc1. The van der Waals surface area contributed by atoms with Crippen LogP contribution >= 0.6 is 0 Å². The maximum Gasteiger partial charge on any atom is 0.164 e. The van der Waals surface area contributed by atoms with Gasteiger partial charge in [0.1, 0.15) is 0 Å². The van der Waals surface area contributed by atoms with E-state index in [0.717, 1.165) is 55.1 Å². The predicted molar refractivity (Wildman–Crippen MR) is 211 cm³/mol. The first-order chi connectivity index (χ1) is 25.3. The van der Waals surface area contributed by atoms with Gasteiger partial charge >= 0.3 is 0 Å². The highest BCUT2D eigenvalue weighted by Gasteiger charge is 2.19. The predicted octanol–water partition coefficient (Wildman–Crippen LogP) is 11.9. The summed E-state index contributed by atoms with van der Waals surface area (Å²) in [6.07, 6.45) is 0. The number of para-hydroxylation sites is 2. The zero-order chi connectivity index (χ0) is 33.7. The second-order valence-corrected chi connectivity index (χ2v) is 12.9. The van der Waals surface area contributed by atoms with Crippen molar-refractivity contribution in [1.82, 2.24) is 19.5 Å². The zero-order valence-electron chi connectivity index (χ0n) is 27.6. The van der Waals surface area contributed by atoms with Crippen molar-refractivity contribution in [2.75, 3.05) is 0 Å². The van der Waals surface area contributed by atoms with Crippen molar-refractivity contribution in [3.8, 4) is 51.0 Å². The molecule has 4 nitrogen and oxygen atoms in total. The van der Waals surface area contributed by atoms with Crippen LogP contribution in [0.25, 0.3) is 94.3 Å². The maximum atomic E-state index is 5.24. The van der Waals surface area contributed by atoms with E-state index in [1.165, 1.54) is 21.7 Å². The molecule has 0 spiro atoms. The fourth-order valence-corrected chi connectivity index (χ4v) is 7.40. The van der Waals surface area contributed by atoms with E-state index in [-0.39, 0.29) is 0 Å². The first-order valence-corrected chi connectivity index (χ1v) is 17.2. The second-order valence-electron chi connectivity index (χ2n) is 12.9. The molecule has 2 heterocycles. The summed E-state index contributed by atoms with van der Waals surface area (Å²) in [5.41, 5.74) is 8.56. The Balaban J connectivity index is 1.22. The third kappa shape index (κ3) is 4.96. The molecule has 0 saturated carbocycles. The molecule has 51 heavy (non-hydrogen) atoms. The third-order valence-electron chi connectivity index (χ3n) is 9.84. The minimum Gasteiger partial charge on any atom is -0.309 e. The normalized spacial score (nSPS) is 11.5. The van der Waals surface area contributed by atoms with Gasteiger partial charge in [-0.25, -0.2) is 15.0 Å². The average Bonchev–Trinajstić information content (AvgIpc) is 3.54. The quantitative estimate of drug-likeness (QED) is 0.186. The van der Waals surface area contributed by atoms with E-state index < -0.39 is 0 Å². The molecule has 0 fully saturated rings. The molecule has 0 radical (unpaired) electrons. The van der Waals surface area contributed by atoms with E-state index in [0.29, 0.717) is 17.5 Å². The summed E-state index contributed by atoms with van der Waals surface area (Å²) in [4.78, 5) is 15.6. The van der Waals surface area contributed by atoms with E-state index in [4.69, 9.17) is 15.0 Å². The number of fused-ring (bicyclic) bond motifs is 5. The van der Waals surface area contributed by atoms with Crippen LogP contribution < -0.4 is 0 Å². The first-order valence-electron chi connectivity index (χ1n) is 17.2. The van der Waals surface area contributed by atoms with Crippen LogP contribution in [0.2, 0.25) is 0 Å². The van der Waals surface area contributed by atoms with Gasteiger partial charge in [-0.15, -0.1) is 0 Å². The molecule has 10 rings (SSSR count). The van der Waals surface area contributed by atoms with Gasteiger partial charge in [0.05, 0.1) is 16.7 Å². The largest absolute Gasteiger partial charge is 0.309 e. The summed E-state index contributed by atoms with van der Waals surface area (Å²) in [6, 6.07) is 63.9. The number of hydrogen-bond acceptors (Lipinski definition) is 3. The number of benzene rings is 8. The lowest BCUT2D eigenvalue weighted by Crippen LogP contribution is -2.02. The summed E-state index contributed by atoms with van der Waals surface area (Å²) >= 11 is 0. The van der Waals surface area contributed by atoms with Crippen LogP contribution in [0.3, 0.4) is 0 Å². The van der Waals surface area contributed by atoms with Crippen molar-refractivity contribution in [2.24, 2.45) is 0 Å². The van der Waals surface area contributed by atoms with Crippen LogP contribution in [-0.4, -0.2) is 19.5 Å². The van der Waals surface area contributed by atoms with Crippen molar-refractivity contribution in [1.29, 1.82) is 0 Å². The summed E-state index contributed by atoms with van der Waals surface area (Å²) in [7, 11) is 0. The Bertz CT molecular complexity index is 2850. The highest BCUT2D eigenvalue weighted by molar-refractivity contribution is 6.12. The molecule has 0 amide bonds. The van der Waals surface area contributed by atoms with E-state index in [1.807, 2.05) is 6.07 Å². The fourth-order valence-electron chi connectivity index (χ4n) is 7.40. The monoisotopic (exact) mass is 650 g/mol. The lowest BCUT2D eigenvalue weighted by molar-refractivity contribution is 1.08. The molecular weight excluding hydrogens is 621 g/mol. The second kappa shape index (κ2) is 11.9. The zero-order valence-corrected chi connectivity index (χ0v) is 27.6. The molecule has 10 aromatic rings. The Morgan fingerprint density at radius 1 is 0.333 bits per heavy atom. The van der Waals surface area contributed by atoms with Gasteiger partial charge in [-0.2, -0.15) is 0 Å². The molecule has 2 aromatic heterocycles. The fraction of sp³-hybridized carbons (Fsp3) is 0. The molecule has 0 aliphatic rings. The van der Waals surface area contributed by atoms with Crippen LogP contribution in [-0.2, 0) is 0 Å². The van der Waals surface area contributed by atoms with Crippen LogP contribution in [0, 0.1) is 0 Å². The highest BCUT2D eigenvalue weighted by atomic mass is 15.0. The minimum absolute atomic E-state index is 0.633. The molecule has 4 heteroatoms. The molecule has 0 aliphatic carbocycles. The number of hydrogen-bond donors (Lipinski definition) is 0. The summed E-state index contributed by atoms with van der Waals surface area (Å²) in [5, 5.41) is 6.98. The molecule has 0 saturated heterocycles. The van der Waals surface area contributed by atoms with Gasteiger partial charge in [-0.3, -0.25) is 0 Å². The smallest absolute Gasteiger partial charge is 0.164 e. The summed E-state index contributed by atoms with van der Waals surface area (Å²) < 4.78 is 2.38. The first kappa shape index (κ1) is 29.0. The standard InChI is InChI=1S/C47H30N4/c1-2-12-31(13-3-1)33-24-27-35(28-25-33)45-48-46(37-29-26-32-14-4-5-15-36(32)30-37)50-47(49-45)40-20-10-16-34-17-11-23-43(44(34)40)51-41-21-8-6-18-38(41)39-19-7-9-22-42(39)51/h1-30H. The topological polar surface area (TPSA) is 43.6 Å². The Morgan fingerprint density at radius 2 is 0.863 bits per heavy atom. The lowest BCUT2D eigenvalue weighted by atomic mass is 10.0. The summed E-state index contributed by atoms with van der Waals surface area (Å²) in [5.74, 6) is 1.91. The van der Waals surface area contributed by atoms with Crippen LogP contribution in [0.15, 0.2) is 182 Å². The van der Waals surface area contributed by atoms with Gasteiger partial charge in [0.25, 0.3) is 0 Å². The number of aromatic nitrogens is 4. The van der Waals surface area contributed by atoms with E-state index in [9.17, 15) is 0 Å². The van der Waals surface area contributed by atoms with Crippen molar-refractivity contribution < 1.29 is 0 Å². The molecule has 0 unspecified atom stereocenters.